The second-order valence-corrected chi connectivity index (χ2v) is 6.37. The van der Waals surface area contributed by atoms with Crippen molar-refractivity contribution in [2.45, 2.75) is 13.1 Å². The quantitative estimate of drug-likeness (QED) is 0.610. The van der Waals surface area contributed by atoms with E-state index in [4.69, 9.17) is 25.8 Å². The Labute approximate surface area is 171 Å². The molecule has 1 N–H and O–H groups in total. The zero-order valence-electron chi connectivity index (χ0n) is 15.9. The summed E-state index contributed by atoms with van der Waals surface area (Å²) in [4.78, 5) is 12.2. The molecule has 0 aliphatic heterocycles. The van der Waals surface area contributed by atoms with Gasteiger partial charge in [-0.15, -0.1) is 0 Å². The van der Waals surface area contributed by atoms with E-state index < -0.39 is 18.7 Å². The van der Waals surface area contributed by atoms with E-state index >= 15 is 0 Å². The second-order valence-electron chi connectivity index (χ2n) is 5.96. The Morgan fingerprint density at radius 2 is 1.86 bits per heavy atom. The molecule has 9 heteroatoms. The van der Waals surface area contributed by atoms with Crippen LogP contribution in [-0.4, -0.2) is 32.9 Å². The van der Waals surface area contributed by atoms with Crippen LogP contribution in [0.1, 0.15) is 11.1 Å². The summed E-state index contributed by atoms with van der Waals surface area (Å²) in [7, 11) is 2.90. The normalized spacial score (nSPS) is 11.4. The fourth-order valence-corrected chi connectivity index (χ4v) is 2.69. The molecule has 0 aliphatic carbocycles. The number of halogens is 4. The van der Waals surface area contributed by atoms with Crippen molar-refractivity contribution in [1.29, 1.82) is 0 Å². The average Bonchev–Trinajstić information content (AvgIpc) is 2.65. The number of amides is 1. The number of benzene rings is 2. The van der Waals surface area contributed by atoms with Crippen LogP contribution >= 0.6 is 11.6 Å². The number of ether oxygens (including phenoxy) is 3. The maximum atomic E-state index is 12.4. The minimum atomic E-state index is -4.49. The second kappa shape index (κ2) is 9.56. The number of anilines is 1. The monoisotopic (exact) mass is 429 g/mol. The summed E-state index contributed by atoms with van der Waals surface area (Å²) in [5, 5.41) is 2.80. The van der Waals surface area contributed by atoms with Gasteiger partial charge in [0.2, 0.25) is 5.91 Å². The molecule has 29 heavy (non-hydrogen) atoms. The predicted octanol–water partition coefficient (Wildman–Crippen LogP) is 5.26. The first-order valence-corrected chi connectivity index (χ1v) is 8.71. The van der Waals surface area contributed by atoms with Gasteiger partial charge in [-0.1, -0.05) is 17.7 Å². The van der Waals surface area contributed by atoms with Crippen molar-refractivity contribution in [2.24, 2.45) is 0 Å². The van der Waals surface area contributed by atoms with Gasteiger partial charge < -0.3 is 19.5 Å². The summed E-state index contributed by atoms with van der Waals surface area (Å²) in [6, 6.07) is 7.74. The standard InChI is InChI=1S/C20H19ClF3NO4/c1-12-4-6-15(16(8-12)29-11-20(22,23)24)25-18(26)7-5-13-9-14(21)19(28-3)17(10-13)27-2/h4-10H,11H2,1-3H3,(H,25,26)/b7-5+. The highest BCUT2D eigenvalue weighted by molar-refractivity contribution is 6.32. The molecular weight excluding hydrogens is 411 g/mol. The highest BCUT2D eigenvalue weighted by Crippen LogP contribution is 2.36. The minimum absolute atomic E-state index is 0.0711. The average molecular weight is 430 g/mol. The number of methoxy groups -OCH3 is 2. The van der Waals surface area contributed by atoms with Crippen molar-refractivity contribution >= 4 is 29.3 Å². The Bertz CT molecular complexity index is 913. The number of carbonyl (C=O) groups is 1. The summed E-state index contributed by atoms with van der Waals surface area (Å²) >= 11 is 6.12. The first-order chi connectivity index (χ1) is 13.6. The molecule has 0 heterocycles. The van der Waals surface area contributed by atoms with Gasteiger partial charge in [0.05, 0.1) is 24.9 Å². The number of hydrogen-bond donors (Lipinski definition) is 1. The number of alkyl halides is 3. The van der Waals surface area contributed by atoms with Gasteiger partial charge in [0.1, 0.15) is 5.75 Å². The lowest BCUT2D eigenvalue weighted by atomic mass is 10.1. The molecular formula is C20H19ClF3NO4. The molecule has 0 atom stereocenters. The Kier molecular flexibility index (Phi) is 7.39. The number of nitrogens with one attached hydrogen (secondary N) is 1. The van der Waals surface area contributed by atoms with E-state index in [9.17, 15) is 18.0 Å². The smallest absolute Gasteiger partial charge is 0.422 e. The molecule has 0 spiro atoms. The van der Waals surface area contributed by atoms with Gasteiger partial charge >= 0.3 is 6.18 Å². The Hall–Kier alpha value is -2.87. The minimum Gasteiger partial charge on any atom is -0.493 e. The van der Waals surface area contributed by atoms with Crippen LogP contribution in [0.5, 0.6) is 17.2 Å². The van der Waals surface area contributed by atoms with Crippen LogP contribution in [0, 0.1) is 6.92 Å². The van der Waals surface area contributed by atoms with E-state index in [0.29, 0.717) is 27.6 Å². The Morgan fingerprint density at radius 3 is 2.48 bits per heavy atom. The number of rotatable bonds is 7. The first-order valence-electron chi connectivity index (χ1n) is 8.33. The molecule has 0 saturated heterocycles. The molecule has 0 saturated carbocycles. The van der Waals surface area contributed by atoms with Crippen LogP contribution in [0.15, 0.2) is 36.4 Å². The molecule has 0 bridgehead atoms. The van der Waals surface area contributed by atoms with Crippen LogP contribution in [0.4, 0.5) is 18.9 Å². The van der Waals surface area contributed by atoms with Crippen molar-refractivity contribution in [3.05, 3.63) is 52.6 Å². The number of hydrogen-bond acceptors (Lipinski definition) is 4. The maximum absolute atomic E-state index is 12.4. The van der Waals surface area contributed by atoms with Crippen LogP contribution in [0.2, 0.25) is 5.02 Å². The van der Waals surface area contributed by atoms with E-state index in [0.717, 1.165) is 0 Å². The molecule has 2 aromatic carbocycles. The molecule has 5 nitrogen and oxygen atoms in total. The molecule has 0 unspecified atom stereocenters. The van der Waals surface area contributed by atoms with Gasteiger partial charge in [-0.3, -0.25) is 4.79 Å². The van der Waals surface area contributed by atoms with Crippen LogP contribution in [-0.2, 0) is 4.79 Å². The zero-order chi connectivity index (χ0) is 21.6. The van der Waals surface area contributed by atoms with Crippen molar-refractivity contribution in [3.8, 4) is 17.2 Å². The zero-order valence-corrected chi connectivity index (χ0v) is 16.6. The predicted molar refractivity (Wildman–Crippen MR) is 105 cm³/mol. The number of carbonyl (C=O) groups excluding carboxylic acids is 1. The SMILES string of the molecule is COc1cc(/C=C/C(=O)Nc2ccc(C)cc2OCC(F)(F)F)cc(Cl)c1OC. The summed E-state index contributed by atoms with van der Waals surface area (Å²) in [6.45, 7) is 0.242. The lowest BCUT2D eigenvalue weighted by Gasteiger charge is -2.14. The topological polar surface area (TPSA) is 56.8 Å². The summed E-state index contributed by atoms with van der Waals surface area (Å²) in [5.74, 6) is 0.123. The van der Waals surface area contributed by atoms with Crippen LogP contribution < -0.4 is 19.5 Å². The molecule has 1 amide bonds. The fourth-order valence-electron chi connectivity index (χ4n) is 2.39. The summed E-state index contributed by atoms with van der Waals surface area (Å²) in [5.41, 5.74) is 1.38. The molecule has 0 fully saturated rings. The third-order valence-electron chi connectivity index (χ3n) is 3.67. The highest BCUT2D eigenvalue weighted by atomic mass is 35.5. The van der Waals surface area contributed by atoms with Crippen molar-refractivity contribution < 1.29 is 32.2 Å². The largest absolute Gasteiger partial charge is 0.493 e. The third kappa shape index (κ3) is 6.60. The lowest BCUT2D eigenvalue weighted by molar-refractivity contribution is -0.153. The summed E-state index contributed by atoms with van der Waals surface area (Å²) in [6.07, 6.45) is -1.80. The Morgan fingerprint density at radius 1 is 1.14 bits per heavy atom. The van der Waals surface area contributed by atoms with Gasteiger partial charge in [-0.25, -0.2) is 0 Å². The van der Waals surface area contributed by atoms with E-state index in [2.05, 4.69) is 5.32 Å². The van der Waals surface area contributed by atoms with Crippen molar-refractivity contribution in [3.63, 3.8) is 0 Å². The van der Waals surface area contributed by atoms with Crippen LogP contribution in [0.3, 0.4) is 0 Å². The van der Waals surface area contributed by atoms with Gasteiger partial charge in [0, 0.05) is 6.08 Å². The lowest BCUT2D eigenvalue weighted by Crippen LogP contribution is -2.20. The molecule has 156 valence electrons. The van der Waals surface area contributed by atoms with Gasteiger partial charge in [0.25, 0.3) is 0 Å². The van der Waals surface area contributed by atoms with E-state index in [1.807, 2.05) is 0 Å². The van der Waals surface area contributed by atoms with Crippen LogP contribution in [0.25, 0.3) is 6.08 Å². The van der Waals surface area contributed by atoms with E-state index in [1.165, 1.54) is 38.5 Å². The summed E-state index contributed by atoms with van der Waals surface area (Å²) < 4.78 is 52.5. The first kappa shape index (κ1) is 22.4. The van der Waals surface area contributed by atoms with Crippen molar-refractivity contribution in [1.82, 2.24) is 0 Å². The third-order valence-corrected chi connectivity index (χ3v) is 3.95. The molecule has 0 aromatic heterocycles. The molecule has 0 aliphatic rings. The van der Waals surface area contributed by atoms with E-state index in [-0.39, 0.29) is 11.4 Å². The number of aryl methyl sites for hydroxylation is 1. The van der Waals surface area contributed by atoms with Gasteiger partial charge in [-0.05, 0) is 48.4 Å². The highest BCUT2D eigenvalue weighted by Gasteiger charge is 2.29. The van der Waals surface area contributed by atoms with Crippen molar-refractivity contribution in [2.75, 3.05) is 26.1 Å². The van der Waals surface area contributed by atoms with E-state index in [1.54, 1.807) is 25.1 Å². The van der Waals surface area contributed by atoms with Gasteiger partial charge in [0.15, 0.2) is 18.1 Å². The molecule has 2 aromatic rings. The van der Waals surface area contributed by atoms with Gasteiger partial charge in [-0.2, -0.15) is 13.2 Å². The fraction of sp³-hybridized carbons (Fsp3) is 0.250. The Balaban J connectivity index is 2.16. The molecule has 2 rings (SSSR count). The maximum Gasteiger partial charge on any atom is 0.422 e. The molecule has 0 radical (unpaired) electrons.